The van der Waals surface area contributed by atoms with Gasteiger partial charge in [0.2, 0.25) is 0 Å². The summed E-state index contributed by atoms with van der Waals surface area (Å²) in [5.74, 6) is 0.735. The smallest absolute Gasteiger partial charge is 0.0369 e. The highest BCUT2D eigenvalue weighted by Gasteiger charge is 2.10. The van der Waals surface area contributed by atoms with Crippen LogP contribution in [0.4, 0.5) is 5.69 Å². The van der Waals surface area contributed by atoms with Gasteiger partial charge < -0.3 is 10.2 Å². The fourth-order valence-electron chi connectivity index (χ4n) is 2.27. The Morgan fingerprint density at radius 3 is 2.44 bits per heavy atom. The van der Waals surface area contributed by atoms with Crippen molar-refractivity contribution in [1.29, 1.82) is 0 Å². The molecule has 0 atom stereocenters. The number of rotatable bonds is 3. The number of anilines is 1. The largest absolute Gasteiger partial charge is 0.369 e. The molecular weight excluding hydrogens is 220 g/mol. The molecule has 1 N–H and O–H groups in total. The lowest BCUT2D eigenvalue weighted by Gasteiger charge is -2.29. The first-order valence-corrected chi connectivity index (χ1v) is 7.30. The summed E-state index contributed by atoms with van der Waals surface area (Å²) >= 11 is 0. The van der Waals surface area contributed by atoms with Crippen LogP contribution < -0.4 is 10.2 Å². The zero-order valence-electron chi connectivity index (χ0n) is 12.4. The minimum Gasteiger partial charge on any atom is -0.369 e. The number of hydrogen-bond acceptors (Lipinski definition) is 2. The van der Waals surface area contributed by atoms with Gasteiger partial charge >= 0.3 is 0 Å². The Labute approximate surface area is 112 Å². The van der Waals surface area contributed by atoms with E-state index in [0.29, 0.717) is 0 Å². The van der Waals surface area contributed by atoms with Crippen molar-refractivity contribution in [2.45, 2.75) is 34.1 Å². The van der Waals surface area contributed by atoms with Gasteiger partial charge in [0.1, 0.15) is 0 Å². The molecule has 2 heteroatoms. The predicted molar refractivity (Wildman–Crippen MR) is 81.4 cm³/mol. The molecule has 1 fully saturated rings. The van der Waals surface area contributed by atoms with Gasteiger partial charge in [0.05, 0.1) is 0 Å². The summed E-state index contributed by atoms with van der Waals surface area (Å²) in [6.07, 6.45) is 1.18. The van der Waals surface area contributed by atoms with Crippen LogP contribution in [0.25, 0.3) is 0 Å². The van der Waals surface area contributed by atoms with Crippen LogP contribution in [0.5, 0.6) is 0 Å². The van der Waals surface area contributed by atoms with Crippen LogP contribution in [0, 0.1) is 5.92 Å². The van der Waals surface area contributed by atoms with E-state index in [1.165, 1.54) is 17.7 Å². The topological polar surface area (TPSA) is 15.3 Å². The number of hydrogen-bond donors (Lipinski definition) is 1. The molecule has 1 aromatic rings. The van der Waals surface area contributed by atoms with E-state index in [1.807, 2.05) is 13.8 Å². The second-order valence-electron chi connectivity index (χ2n) is 5.00. The minimum absolute atomic E-state index is 0.735. The summed E-state index contributed by atoms with van der Waals surface area (Å²) in [7, 11) is 0. The fourth-order valence-corrected chi connectivity index (χ4v) is 2.27. The van der Waals surface area contributed by atoms with Crippen LogP contribution in [-0.4, -0.2) is 26.2 Å². The fraction of sp³-hybridized carbons (Fsp3) is 0.625. The first kappa shape index (κ1) is 15.0. The molecule has 18 heavy (non-hydrogen) atoms. The zero-order chi connectivity index (χ0) is 13.4. The van der Waals surface area contributed by atoms with E-state index in [4.69, 9.17) is 0 Å². The molecule has 1 saturated heterocycles. The van der Waals surface area contributed by atoms with Crippen LogP contribution >= 0.6 is 0 Å². The van der Waals surface area contributed by atoms with Crippen molar-refractivity contribution in [3.63, 3.8) is 0 Å². The second-order valence-corrected chi connectivity index (χ2v) is 5.00. The third kappa shape index (κ3) is 4.69. The van der Waals surface area contributed by atoms with Gasteiger partial charge in [-0.15, -0.1) is 0 Å². The van der Waals surface area contributed by atoms with Crippen molar-refractivity contribution in [3.8, 4) is 0 Å². The number of piperazine rings is 1. The number of benzene rings is 1. The van der Waals surface area contributed by atoms with Crippen molar-refractivity contribution in [3.05, 3.63) is 29.8 Å². The third-order valence-corrected chi connectivity index (χ3v) is 3.04. The molecule has 0 aliphatic carbocycles. The van der Waals surface area contributed by atoms with Crippen LogP contribution in [0.2, 0.25) is 0 Å². The van der Waals surface area contributed by atoms with Crippen LogP contribution in [0.15, 0.2) is 24.3 Å². The van der Waals surface area contributed by atoms with Gasteiger partial charge in [-0.1, -0.05) is 39.8 Å². The Bertz CT molecular complexity index is 328. The van der Waals surface area contributed by atoms with E-state index in [-0.39, 0.29) is 0 Å². The lowest BCUT2D eigenvalue weighted by Crippen LogP contribution is -2.43. The van der Waals surface area contributed by atoms with Gasteiger partial charge in [-0.25, -0.2) is 0 Å². The van der Waals surface area contributed by atoms with E-state index in [1.54, 1.807) is 0 Å². The molecule has 1 aliphatic rings. The maximum absolute atomic E-state index is 3.39. The summed E-state index contributed by atoms with van der Waals surface area (Å²) < 4.78 is 0. The van der Waals surface area contributed by atoms with Crippen molar-refractivity contribution in [2.24, 2.45) is 5.92 Å². The molecule has 1 heterocycles. The quantitative estimate of drug-likeness (QED) is 0.883. The molecule has 0 spiro atoms. The van der Waals surface area contributed by atoms with E-state index < -0.39 is 0 Å². The van der Waals surface area contributed by atoms with E-state index >= 15 is 0 Å². The normalized spacial score (nSPS) is 15.3. The molecule has 1 aromatic carbocycles. The third-order valence-electron chi connectivity index (χ3n) is 3.04. The van der Waals surface area contributed by atoms with Gasteiger partial charge in [0.25, 0.3) is 0 Å². The van der Waals surface area contributed by atoms with Gasteiger partial charge in [-0.05, 0) is 30.0 Å². The average molecular weight is 248 g/mol. The Balaban J connectivity index is 0.000000771. The Morgan fingerprint density at radius 1 is 1.17 bits per heavy atom. The summed E-state index contributed by atoms with van der Waals surface area (Å²) in [5, 5.41) is 3.39. The molecule has 0 amide bonds. The Kier molecular flexibility index (Phi) is 6.81. The maximum Gasteiger partial charge on any atom is 0.0369 e. The minimum atomic E-state index is 0.735. The number of nitrogens with one attached hydrogen (secondary N) is 1. The molecule has 2 rings (SSSR count). The van der Waals surface area contributed by atoms with Crippen molar-refractivity contribution < 1.29 is 0 Å². The maximum atomic E-state index is 3.39. The lowest BCUT2D eigenvalue weighted by molar-refractivity contribution is 0.588. The zero-order valence-corrected chi connectivity index (χ0v) is 12.4. The van der Waals surface area contributed by atoms with Gasteiger partial charge in [-0.3, -0.25) is 0 Å². The standard InChI is InChI=1S/C14H22N2.C2H6/c1-12(2)10-13-4-3-5-14(11-13)16-8-6-15-7-9-16;1-2/h3-5,11-12,15H,6-10H2,1-2H3;1-2H3. The van der Waals surface area contributed by atoms with Gasteiger partial charge in [0, 0.05) is 31.9 Å². The lowest BCUT2D eigenvalue weighted by atomic mass is 10.0. The molecule has 1 aliphatic heterocycles. The highest BCUT2D eigenvalue weighted by atomic mass is 15.2. The van der Waals surface area contributed by atoms with E-state index in [9.17, 15) is 0 Å². The SMILES string of the molecule is CC.CC(C)Cc1cccc(N2CCNCC2)c1. The predicted octanol–water partition coefficient (Wildman–Crippen LogP) is 3.32. The van der Waals surface area contributed by atoms with Crippen molar-refractivity contribution in [2.75, 3.05) is 31.1 Å². The molecule has 0 saturated carbocycles. The second kappa shape index (κ2) is 8.15. The number of nitrogens with zero attached hydrogens (tertiary/aromatic N) is 1. The van der Waals surface area contributed by atoms with Crippen molar-refractivity contribution >= 4 is 5.69 Å². The molecule has 0 unspecified atom stereocenters. The molecule has 0 aromatic heterocycles. The first-order chi connectivity index (χ1) is 8.75. The molecular formula is C16H28N2. The van der Waals surface area contributed by atoms with Gasteiger partial charge in [0.15, 0.2) is 0 Å². The first-order valence-electron chi connectivity index (χ1n) is 7.30. The summed E-state index contributed by atoms with van der Waals surface area (Å²) in [4.78, 5) is 2.47. The highest BCUT2D eigenvalue weighted by Crippen LogP contribution is 2.18. The van der Waals surface area contributed by atoms with Crippen molar-refractivity contribution in [1.82, 2.24) is 5.32 Å². The molecule has 2 nitrogen and oxygen atoms in total. The van der Waals surface area contributed by atoms with E-state index in [2.05, 4.69) is 48.3 Å². The highest BCUT2D eigenvalue weighted by molar-refractivity contribution is 5.49. The Morgan fingerprint density at radius 2 is 1.83 bits per heavy atom. The monoisotopic (exact) mass is 248 g/mol. The Hall–Kier alpha value is -1.02. The van der Waals surface area contributed by atoms with E-state index in [0.717, 1.165) is 32.1 Å². The molecule has 0 bridgehead atoms. The summed E-state index contributed by atoms with van der Waals surface area (Å²) in [6, 6.07) is 9.02. The average Bonchev–Trinajstić information content (AvgIpc) is 2.42. The molecule has 102 valence electrons. The van der Waals surface area contributed by atoms with Gasteiger partial charge in [-0.2, -0.15) is 0 Å². The van der Waals surface area contributed by atoms with Crippen LogP contribution in [0.1, 0.15) is 33.3 Å². The van der Waals surface area contributed by atoms with Crippen LogP contribution in [0.3, 0.4) is 0 Å². The summed E-state index contributed by atoms with van der Waals surface area (Å²) in [6.45, 7) is 13.0. The van der Waals surface area contributed by atoms with Crippen LogP contribution in [-0.2, 0) is 6.42 Å². The molecule has 0 radical (unpaired) electrons. The summed E-state index contributed by atoms with van der Waals surface area (Å²) in [5.41, 5.74) is 2.85.